The van der Waals surface area contributed by atoms with E-state index in [0.29, 0.717) is 13.0 Å². The van der Waals surface area contributed by atoms with Crippen molar-refractivity contribution in [2.24, 2.45) is 0 Å². The minimum absolute atomic E-state index is 0.0599. The second kappa shape index (κ2) is 7.16. The number of rotatable bonds is 6. The molecule has 1 N–H and O–H groups in total. The summed E-state index contributed by atoms with van der Waals surface area (Å²) in [6.07, 6.45) is 0.599. The Morgan fingerprint density at radius 3 is 2.72 bits per heavy atom. The lowest BCUT2D eigenvalue weighted by Crippen LogP contribution is -2.27. The molecule has 0 saturated carbocycles. The fourth-order valence-corrected chi connectivity index (χ4v) is 1.98. The Hall–Kier alpha value is -1.36. The van der Waals surface area contributed by atoms with Gasteiger partial charge < -0.3 is 10.1 Å². The lowest BCUT2D eigenvalue weighted by Gasteiger charge is -2.09. The van der Waals surface area contributed by atoms with Gasteiger partial charge in [-0.2, -0.15) is 0 Å². The summed E-state index contributed by atoms with van der Waals surface area (Å²) >= 11 is 3.39. The lowest BCUT2D eigenvalue weighted by atomic mass is 10.1. The van der Waals surface area contributed by atoms with Crippen LogP contribution in [0.4, 0.5) is 0 Å². The highest BCUT2D eigenvalue weighted by molar-refractivity contribution is 9.10. The SMILES string of the molecule is COc1ccc(Br)cc1CCNC(=O)CC(C)=O. The predicted octanol–water partition coefficient (Wildman–Crippen LogP) is 2.10. The minimum atomic E-state index is -0.239. The Kier molecular flexibility index (Phi) is 5.85. The van der Waals surface area contributed by atoms with Gasteiger partial charge in [0.15, 0.2) is 0 Å². The van der Waals surface area contributed by atoms with Crippen LogP contribution in [0.15, 0.2) is 22.7 Å². The van der Waals surface area contributed by atoms with Crippen molar-refractivity contribution in [3.05, 3.63) is 28.2 Å². The molecule has 0 aromatic heterocycles. The van der Waals surface area contributed by atoms with E-state index in [1.54, 1.807) is 7.11 Å². The molecule has 0 fully saturated rings. The first-order chi connectivity index (χ1) is 8.52. The van der Waals surface area contributed by atoms with E-state index in [2.05, 4.69) is 21.2 Å². The molecular weight excluding hydrogens is 298 g/mol. The number of hydrogen-bond acceptors (Lipinski definition) is 3. The van der Waals surface area contributed by atoms with E-state index in [9.17, 15) is 9.59 Å². The van der Waals surface area contributed by atoms with Gasteiger partial charge >= 0.3 is 0 Å². The zero-order valence-electron chi connectivity index (χ0n) is 10.5. The Bertz CT molecular complexity index is 446. The van der Waals surface area contributed by atoms with Gasteiger partial charge in [-0.1, -0.05) is 15.9 Å². The Morgan fingerprint density at radius 1 is 1.39 bits per heavy atom. The summed E-state index contributed by atoms with van der Waals surface area (Å²) in [4.78, 5) is 22.0. The summed E-state index contributed by atoms with van der Waals surface area (Å²) in [5.41, 5.74) is 1.01. The first-order valence-corrected chi connectivity index (χ1v) is 6.40. The van der Waals surface area contributed by atoms with E-state index >= 15 is 0 Å². The number of ether oxygens (including phenoxy) is 1. The van der Waals surface area contributed by atoms with Crippen molar-refractivity contribution in [3.63, 3.8) is 0 Å². The third-order valence-corrected chi connectivity index (χ3v) is 2.86. The highest BCUT2D eigenvalue weighted by Crippen LogP contribution is 2.23. The van der Waals surface area contributed by atoms with E-state index in [1.165, 1.54) is 6.92 Å². The van der Waals surface area contributed by atoms with Gasteiger partial charge in [-0.25, -0.2) is 0 Å². The number of nitrogens with one attached hydrogen (secondary N) is 1. The fraction of sp³-hybridized carbons (Fsp3) is 0.385. The maximum absolute atomic E-state index is 11.3. The Labute approximate surface area is 115 Å². The second-order valence-electron chi connectivity index (χ2n) is 3.93. The van der Waals surface area contributed by atoms with Crippen LogP contribution >= 0.6 is 15.9 Å². The van der Waals surface area contributed by atoms with Gasteiger partial charge in [0.25, 0.3) is 0 Å². The summed E-state index contributed by atoms with van der Waals surface area (Å²) in [5, 5.41) is 2.70. The molecule has 98 valence electrons. The fourth-order valence-electron chi connectivity index (χ4n) is 1.57. The molecule has 0 aliphatic heterocycles. The zero-order valence-corrected chi connectivity index (χ0v) is 12.0. The maximum atomic E-state index is 11.3. The number of methoxy groups -OCH3 is 1. The third-order valence-electron chi connectivity index (χ3n) is 2.37. The van der Waals surface area contributed by atoms with Gasteiger partial charge in [0, 0.05) is 11.0 Å². The molecule has 0 spiro atoms. The summed E-state index contributed by atoms with van der Waals surface area (Å²) < 4.78 is 6.20. The van der Waals surface area contributed by atoms with Gasteiger partial charge in [-0.3, -0.25) is 9.59 Å². The normalized spacial score (nSPS) is 9.94. The number of Topliss-reactive ketones (excluding diaryl/α,β-unsaturated/α-hetero) is 1. The number of ketones is 1. The molecule has 18 heavy (non-hydrogen) atoms. The summed E-state index contributed by atoms with van der Waals surface area (Å²) in [5.74, 6) is 0.419. The topological polar surface area (TPSA) is 55.4 Å². The molecule has 1 rings (SSSR count). The molecular formula is C13H16BrNO3. The van der Waals surface area contributed by atoms with E-state index in [0.717, 1.165) is 15.8 Å². The standard InChI is InChI=1S/C13H16BrNO3/c1-9(16)7-13(17)15-6-5-10-8-11(14)3-4-12(10)18-2/h3-4,8H,5-7H2,1-2H3,(H,15,17). The van der Waals surface area contributed by atoms with Crippen LogP contribution in [-0.2, 0) is 16.0 Å². The Morgan fingerprint density at radius 2 is 2.11 bits per heavy atom. The zero-order chi connectivity index (χ0) is 13.5. The van der Waals surface area contributed by atoms with Crippen LogP contribution in [0.5, 0.6) is 5.75 Å². The van der Waals surface area contributed by atoms with Crippen molar-refractivity contribution in [1.29, 1.82) is 0 Å². The van der Waals surface area contributed by atoms with E-state index < -0.39 is 0 Å². The van der Waals surface area contributed by atoms with Gasteiger partial charge in [0.2, 0.25) is 5.91 Å². The molecule has 0 aliphatic rings. The predicted molar refractivity (Wildman–Crippen MR) is 72.7 cm³/mol. The van der Waals surface area contributed by atoms with Gasteiger partial charge in [0.1, 0.15) is 11.5 Å². The van der Waals surface area contributed by atoms with Crippen molar-refractivity contribution in [2.45, 2.75) is 19.8 Å². The molecule has 1 aromatic carbocycles. The Balaban J connectivity index is 2.50. The summed E-state index contributed by atoms with van der Waals surface area (Å²) in [6, 6.07) is 5.73. The maximum Gasteiger partial charge on any atom is 0.227 e. The van der Waals surface area contributed by atoms with Crippen molar-refractivity contribution >= 4 is 27.6 Å². The number of amides is 1. The molecule has 0 heterocycles. The lowest BCUT2D eigenvalue weighted by molar-refractivity contribution is -0.127. The van der Waals surface area contributed by atoms with Crippen molar-refractivity contribution < 1.29 is 14.3 Å². The quantitative estimate of drug-likeness (QED) is 0.818. The largest absolute Gasteiger partial charge is 0.496 e. The van der Waals surface area contributed by atoms with Crippen molar-refractivity contribution in [1.82, 2.24) is 5.32 Å². The number of benzene rings is 1. The molecule has 1 aromatic rings. The number of carbonyl (C=O) groups excluding carboxylic acids is 2. The molecule has 1 amide bonds. The van der Waals surface area contributed by atoms with Gasteiger partial charge in [0.05, 0.1) is 13.5 Å². The van der Waals surface area contributed by atoms with Crippen LogP contribution in [0.3, 0.4) is 0 Å². The smallest absolute Gasteiger partial charge is 0.227 e. The molecule has 0 radical (unpaired) electrons. The molecule has 0 saturated heterocycles. The van der Waals surface area contributed by atoms with E-state index in [1.807, 2.05) is 18.2 Å². The van der Waals surface area contributed by atoms with E-state index in [-0.39, 0.29) is 18.1 Å². The average Bonchev–Trinajstić information content (AvgIpc) is 2.28. The number of hydrogen-bond donors (Lipinski definition) is 1. The van der Waals surface area contributed by atoms with Crippen LogP contribution in [0, 0.1) is 0 Å². The van der Waals surface area contributed by atoms with Crippen LogP contribution in [-0.4, -0.2) is 25.3 Å². The number of halogens is 1. The molecule has 4 nitrogen and oxygen atoms in total. The van der Waals surface area contributed by atoms with Crippen LogP contribution in [0.2, 0.25) is 0 Å². The van der Waals surface area contributed by atoms with Gasteiger partial charge in [-0.05, 0) is 37.1 Å². The van der Waals surface area contributed by atoms with Crippen LogP contribution in [0.25, 0.3) is 0 Å². The molecule has 0 bridgehead atoms. The highest BCUT2D eigenvalue weighted by atomic mass is 79.9. The molecule has 5 heteroatoms. The monoisotopic (exact) mass is 313 g/mol. The van der Waals surface area contributed by atoms with Crippen LogP contribution in [0.1, 0.15) is 18.9 Å². The highest BCUT2D eigenvalue weighted by Gasteiger charge is 2.06. The van der Waals surface area contributed by atoms with Crippen molar-refractivity contribution in [2.75, 3.05) is 13.7 Å². The molecule has 0 unspecified atom stereocenters. The van der Waals surface area contributed by atoms with Crippen molar-refractivity contribution in [3.8, 4) is 5.75 Å². The second-order valence-corrected chi connectivity index (χ2v) is 4.85. The third kappa shape index (κ3) is 4.87. The average molecular weight is 314 g/mol. The number of carbonyl (C=O) groups is 2. The van der Waals surface area contributed by atoms with Crippen LogP contribution < -0.4 is 10.1 Å². The van der Waals surface area contributed by atoms with Gasteiger partial charge in [-0.15, -0.1) is 0 Å². The van der Waals surface area contributed by atoms with E-state index in [4.69, 9.17) is 4.74 Å². The first kappa shape index (κ1) is 14.7. The summed E-state index contributed by atoms with van der Waals surface area (Å²) in [6.45, 7) is 1.88. The molecule has 0 aliphatic carbocycles. The minimum Gasteiger partial charge on any atom is -0.496 e. The first-order valence-electron chi connectivity index (χ1n) is 5.61. The molecule has 0 atom stereocenters. The summed E-state index contributed by atoms with van der Waals surface area (Å²) in [7, 11) is 1.61.